The largest absolute Gasteiger partial charge is 0.344 e. The van der Waals surface area contributed by atoms with Gasteiger partial charge >= 0.3 is 0 Å². The zero-order chi connectivity index (χ0) is 21.4. The Morgan fingerprint density at radius 2 is 1.61 bits per heavy atom. The summed E-state index contributed by atoms with van der Waals surface area (Å²) in [6.07, 6.45) is 4.73. The van der Waals surface area contributed by atoms with E-state index in [2.05, 4.69) is 10.4 Å². The Hall–Kier alpha value is -3.67. The fraction of sp³-hybridized carbons (Fsp3) is 0.240. The second kappa shape index (κ2) is 7.87. The monoisotopic (exact) mass is 411 g/mol. The van der Waals surface area contributed by atoms with E-state index in [9.17, 15) is 4.79 Å². The molecule has 0 saturated carbocycles. The molecule has 0 saturated heterocycles. The second-order valence-corrected chi connectivity index (χ2v) is 8.00. The molecule has 1 aliphatic carbocycles. The van der Waals surface area contributed by atoms with E-state index in [0.717, 1.165) is 53.2 Å². The number of hydrogen-bond acceptors (Lipinski definition) is 3. The van der Waals surface area contributed by atoms with E-state index < -0.39 is 0 Å². The highest BCUT2D eigenvalue weighted by atomic mass is 16.2. The van der Waals surface area contributed by atoms with E-state index in [1.165, 1.54) is 0 Å². The Balaban J connectivity index is 1.41. The van der Waals surface area contributed by atoms with Crippen molar-refractivity contribution < 1.29 is 4.79 Å². The number of hydrogen-bond donors (Lipinski definition) is 1. The SMILES string of the molecule is Cc1c(C(C)NC(=O)c2nn(-c3ccccc3)c3c2CCC3)cnn1-c1ccccc1. The van der Waals surface area contributed by atoms with Gasteiger partial charge in [-0.15, -0.1) is 0 Å². The van der Waals surface area contributed by atoms with Crippen LogP contribution >= 0.6 is 0 Å². The van der Waals surface area contributed by atoms with Crippen molar-refractivity contribution in [1.29, 1.82) is 0 Å². The van der Waals surface area contributed by atoms with Gasteiger partial charge in [-0.3, -0.25) is 4.79 Å². The first-order chi connectivity index (χ1) is 15.1. The summed E-state index contributed by atoms with van der Waals surface area (Å²) in [6, 6.07) is 19.9. The number of carbonyl (C=O) groups is 1. The summed E-state index contributed by atoms with van der Waals surface area (Å²) >= 11 is 0. The topological polar surface area (TPSA) is 64.7 Å². The van der Waals surface area contributed by atoms with Crippen LogP contribution in [0.3, 0.4) is 0 Å². The summed E-state index contributed by atoms with van der Waals surface area (Å²) in [6.45, 7) is 4.02. The average Bonchev–Trinajstić information content (AvgIpc) is 3.50. The van der Waals surface area contributed by atoms with Crippen LogP contribution in [0.2, 0.25) is 0 Å². The highest BCUT2D eigenvalue weighted by Crippen LogP contribution is 2.28. The van der Waals surface area contributed by atoms with Crippen molar-refractivity contribution in [3.05, 3.63) is 95.1 Å². The molecule has 2 heterocycles. The molecular formula is C25H25N5O. The Morgan fingerprint density at radius 1 is 0.968 bits per heavy atom. The summed E-state index contributed by atoms with van der Waals surface area (Å²) < 4.78 is 3.83. The molecule has 31 heavy (non-hydrogen) atoms. The molecule has 5 rings (SSSR count). The minimum Gasteiger partial charge on any atom is -0.344 e. The van der Waals surface area contributed by atoms with Gasteiger partial charge in [0.05, 0.1) is 23.6 Å². The van der Waals surface area contributed by atoms with Gasteiger partial charge < -0.3 is 5.32 Å². The standard InChI is InChI=1S/C25H25N5O/c1-17(22-16-26-29(18(22)2)19-10-5-3-6-11-19)27-25(31)24-21-14-9-15-23(21)30(28-24)20-12-7-4-8-13-20/h3-8,10-13,16-17H,9,14-15H2,1-2H3,(H,27,31). The first-order valence-corrected chi connectivity index (χ1v) is 10.7. The summed E-state index contributed by atoms with van der Waals surface area (Å²) in [7, 11) is 0. The lowest BCUT2D eigenvalue weighted by atomic mass is 10.1. The molecule has 156 valence electrons. The number of para-hydroxylation sites is 2. The molecular weight excluding hydrogens is 386 g/mol. The third-order valence-electron chi connectivity index (χ3n) is 6.01. The molecule has 1 unspecified atom stereocenters. The van der Waals surface area contributed by atoms with Gasteiger partial charge in [0.1, 0.15) is 0 Å². The van der Waals surface area contributed by atoms with E-state index in [1.54, 1.807) is 0 Å². The molecule has 0 fully saturated rings. The molecule has 0 radical (unpaired) electrons. The maximum Gasteiger partial charge on any atom is 0.272 e. The van der Waals surface area contributed by atoms with E-state index in [0.29, 0.717) is 5.69 Å². The van der Waals surface area contributed by atoms with Crippen molar-refractivity contribution in [2.75, 3.05) is 0 Å². The van der Waals surface area contributed by atoms with Crippen molar-refractivity contribution in [1.82, 2.24) is 24.9 Å². The van der Waals surface area contributed by atoms with E-state index in [-0.39, 0.29) is 11.9 Å². The second-order valence-electron chi connectivity index (χ2n) is 8.00. The highest BCUT2D eigenvalue weighted by Gasteiger charge is 2.28. The Morgan fingerprint density at radius 3 is 2.29 bits per heavy atom. The van der Waals surface area contributed by atoms with Crippen molar-refractivity contribution in [3.8, 4) is 11.4 Å². The summed E-state index contributed by atoms with van der Waals surface area (Å²) in [5.41, 5.74) is 6.77. The van der Waals surface area contributed by atoms with E-state index in [4.69, 9.17) is 5.10 Å². The van der Waals surface area contributed by atoms with Gasteiger partial charge in [-0.2, -0.15) is 10.2 Å². The first-order valence-electron chi connectivity index (χ1n) is 10.7. The number of benzene rings is 2. The van der Waals surface area contributed by atoms with Gasteiger partial charge in [0.15, 0.2) is 5.69 Å². The van der Waals surface area contributed by atoms with Gasteiger partial charge in [0.2, 0.25) is 0 Å². The van der Waals surface area contributed by atoms with Crippen molar-refractivity contribution in [2.24, 2.45) is 0 Å². The van der Waals surface area contributed by atoms with Crippen molar-refractivity contribution >= 4 is 5.91 Å². The smallest absolute Gasteiger partial charge is 0.272 e. The number of aromatic nitrogens is 4. The third-order valence-corrected chi connectivity index (χ3v) is 6.01. The van der Waals surface area contributed by atoms with Gasteiger partial charge in [-0.25, -0.2) is 9.36 Å². The van der Waals surface area contributed by atoms with Crippen LogP contribution in [-0.4, -0.2) is 25.5 Å². The van der Waals surface area contributed by atoms with Crippen molar-refractivity contribution in [3.63, 3.8) is 0 Å². The van der Waals surface area contributed by atoms with E-state index >= 15 is 0 Å². The number of rotatable bonds is 5. The minimum atomic E-state index is -0.177. The molecule has 2 aromatic heterocycles. The minimum absolute atomic E-state index is 0.132. The number of nitrogens with one attached hydrogen (secondary N) is 1. The van der Waals surface area contributed by atoms with Crippen LogP contribution in [0.5, 0.6) is 0 Å². The van der Waals surface area contributed by atoms with Crippen LogP contribution in [0.1, 0.15) is 52.4 Å². The normalized spacial score (nSPS) is 13.7. The van der Waals surface area contributed by atoms with Crippen LogP contribution in [0.15, 0.2) is 66.9 Å². The molecule has 0 bridgehead atoms. The lowest BCUT2D eigenvalue weighted by Crippen LogP contribution is -2.28. The molecule has 0 spiro atoms. The summed E-state index contributed by atoms with van der Waals surface area (Å²) in [5, 5.41) is 12.4. The van der Waals surface area contributed by atoms with Crippen LogP contribution in [-0.2, 0) is 12.8 Å². The summed E-state index contributed by atoms with van der Waals surface area (Å²) in [4.78, 5) is 13.2. The van der Waals surface area contributed by atoms with Crippen LogP contribution < -0.4 is 5.32 Å². The molecule has 1 N–H and O–H groups in total. The fourth-order valence-corrected chi connectivity index (χ4v) is 4.42. The maximum atomic E-state index is 13.2. The lowest BCUT2D eigenvalue weighted by Gasteiger charge is -2.14. The van der Waals surface area contributed by atoms with Gasteiger partial charge in [0.25, 0.3) is 5.91 Å². The fourth-order valence-electron chi connectivity index (χ4n) is 4.42. The molecule has 6 nitrogen and oxygen atoms in total. The predicted octanol–water partition coefficient (Wildman–Crippen LogP) is 4.35. The highest BCUT2D eigenvalue weighted by molar-refractivity contribution is 5.94. The zero-order valence-electron chi connectivity index (χ0n) is 17.7. The molecule has 1 atom stereocenters. The molecule has 0 aliphatic heterocycles. The summed E-state index contributed by atoms with van der Waals surface area (Å²) in [5.74, 6) is -0.132. The Kier molecular flexibility index (Phi) is 4.90. The van der Waals surface area contributed by atoms with Gasteiger partial charge in [-0.1, -0.05) is 36.4 Å². The number of nitrogens with zero attached hydrogens (tertiary/aromatic N) is 4. The maximum absolute atomic E-state index is 13.2. The van der Waals surface area contributed by atoms with Gasteiger partial charge in [-0.05, 0) is 57.4 Å². The number of amides is 1. The lowest BCUT2D eigenvalue weighted by molar-refractivity contribution is 0.0933. The van der Waals surface area contributed by atoms with Crippen LogP contribution in [0.25, 0.3) is 11.4 Å². The average molecular weight is 412 g/mol. The Bertz CT molecular complexity index is 1220. The quantitative estimate of drug-likeness (QED) is 0.531. The molecule has 1 amide bonds. The third kappa shape index (κ3) is 3.44. The molecule has 4 aromatic rings. The zero-order valence-corrected chi connectivity index (χ0v) is 17.7. The Labute approximate surface area is 181 Å². The predicted molar refractivity (Wildman–Crippen MR) is 120 cm³/mol. The first kappa shape index (κ1) is 19.3. The van der Waals surface area contributed by atoms with Crippen molar-refractivity contribution in [2.45, 2.75) is 39.2 Å². The molecule has 1 aliphatic rings. The van der Waals surface area contributed by atoms with Gasteiger partial charge in [0, 0.05) is 22.5 Å². The number of carbonyl (C=O) groups excluding carboxylic acids is 1. The molecule has 6 heteroatoms. The van der Waals surface area contributed by atoms with E-state index in [1.807, 2.05) is 90.1 Å². The van der Waals surface area contributed by atoms with Crippen LogP contribution in [0.4, 0.5) is 0 Å². The van der Waals surface area contributed by atoms with Crippen LogP contribution in [0, 0.1) is 6.92 Å². The molecule has 2 aromatic carbocycles. The number of fused-ring (bicyclic) bond motifs is 1.